The third-order valence-electron chi connectivity index (χ3n) is 10.1. The van der Waals surface area contributed by atoms with Crippen LogP contribution < -0.4 is 4.90 Å². The average Bonchev–Trinajstić information content (AvgIpc) is 3.63. The molecule has 54 heavy (non-hydrogen) atoms. The maximum absolute atomic E-state index is 6.17. The van der Waals surface area contributed by atoms with Crippen molar-refractivity contribution in [3.63, 3.8) is 0 Å². The van der Waals surface area contributed by atoms with Gasteiger partial charge < -0.3 is 9.32 Å². The number of hydrogen-bond acceptors (Lipinski definition) is 2. The van der Waals surface area contributed by atoms with Crippen molar-refractivity contribution in [2.24, 2.45) is 0 Å². The highest BCUT2D eigenvalue weighted by Crippen LogP contribution is 2.40. The molecule has 0 aliphatic carbocycles. The molecule has 2 nitrogen and oxygen atoms in total. The number of benzene rings is 8. The molecule has 0 fully saturated rings. The molecule has 0 saturated heterocycles. The number of nitrogens with zero attached hydrogens (tertiary/aromatic N) is 1. The van der Waals surface area contributed by atoms with Gasteiger partial charge in [0.25, 0.3) is 0 Å². The Morgan fingerprint density at radius 2 is 1.07 bits per heavy atom. The summed E-state index contributed by atoms with van der Waals surface area (Å²) in [5.41, 5.74) is 13.4. The first-order valence-electron chi connectivity index (χ1n) is 18.3. The van der Waals surface area contributed by atoms with E-state index in [4.69, 9.17) is 4.42 Å². The predicted octanol–water partition coefficient (Wildman–Crippen LogP) is 14.8. The normalized spacial score (nSPS) is 11.6. The van der Waals surface area contributed by atoms with E-state index in [0.717, 1.165) is 39.1 Å². The lowest BCUT2D eigenvalue weighted by Gasteiger charge is -2.23. The molecule has 0 amide bonds. The Labute approximate surface area is 315 Å². The van der Waals surface area contributed by atoms with E-state index >= 15 is 0 Å². The molecule has 1 heterocycles. The van der Waals surface area contributed by atoms with Crippen LogP contribution in [0.5, 0.6) is 0 Å². The van der Waals surface area contributed by atoms with Gasteiger partial charge in [-0.05, 0) is 110 Å². The van der Waals surface area contributed by atoms with Gasteiger partial charge in [-0.15, -0.1) is 0 Å². The van der Waals surface area contributed by atoms with Crippen LogP contribution in [0.1, 0.15) is 0 Å². The smallest absolute Gasteiger partial charge is 0.136 e. The molecule has 0 bridgehead atoms. The molecule has 0 N–H and O–H groups in total. The van der Waals surface area contributed by atoms with Crippen molar-refractivity contribution < 1.29 is 4.42 Å². The summed E-state index contributed by atoms with van der Waals surface area (Å²) in [6.07, 6.45) is 9.90. The van der Waals surface area contributed by atoms with Crippen LogP contribution in [0.25, 0.3) is 77.2 Å². The lowest BCUT2D eigenvalue weighted by atomic mass is 9.91. The second-order valence-corrected chi connectivity index (χ2v) is 13.4. The molecule has 2 heteroatoms. The third kappa shape index (κ3) is 6.31. The molecule has 256 valence electrons. The number of rotatable bonds is 9. The fraction of sp³-hybridized carbons (Fsp3) is 0. The summed E-state index contributed by atoms with van der Waals surface area (Å²) in [5, 5.41) is 4.71. The lowest BCUT2D eigenvalue weighted by Crippen LogP contribution is -2.08. The molecule has 0 spiro atoms. The van der Waals surface area contributed by atoms with Crippen LogP contribution in [0.2, 0.25) is 0 Å². The Kier molecular flexibility index (Phi) is 8.76. The Balaban J connectivity index is 1.12. The van der Waals surface area contributed by atoms with Crippen molar-refractivity contribution in [3.8, 4) is 44.5 Å². The molecule has 9 rings (SSSR count). The largest absolute Gasteiger partial charge is 0.456 e. The van der Waals surface area contributed by atoms with Gasteiger partial charge in [-0.2, -0.15) is 0 Å². The van der Waals surface area contributed by atoms with Crippen molar-refractivity contribution in [3.05, 3.63) is 219 Å². The van der Waals surface area contributed by atoms with E-state index in [1.165, 1.54) is 49.5 Å². The SMILES string of the molecule is C=C/C=C\C=C/N(c1ccc(-c2ccccc2)cc1)c1ccc(-c2cccc(-c3ccc4c(ccc5oc6ccccc6c54)c3)c2)c(-c2ccccc2)c1. The van der Waals surface area contributed by atoms with Gasteiger partial charge >= 0.3 is 0 Å². The highest BCUT2D eigenvalue weighted by atomic mass is 16.3. The average molecular weight is 692 g/mol. The molecule has 0 saturated carbocycles. The Hall–Kier alpha value is -7.16. The molecule has 1 aromatic heterocycles. The summed E-state index contributed by atoms with van der Waals surface area (Å²) >= 11 is 0. The van der Waals surface area contributed by atoms with Crippen molar-refractivity contribution in [1.29, 1.82) is 0 Å². The fourth-order valence-electron chi connectivity index (χ4n) is 7.43. The zero-order chi connectivity index (χ0) is 36.3. The number of anilines is 2. The number of furan rings is 1. The third-order valence-corrected chi connectivity index (χ3v) is 10.1. The summed E-state index contributed by atoms with van der Waals surface area (Å²) in [6, 6.07) is 64.9. The first-order valence-corrected chi connectivity index (χ1v) is 18.3. The van der Waals surface area contributed by atoms with Crippen LogP contribution in [-0.4, -0.2) is 0 Å². The van der Waals surface area contributed by atoms with E-state index in [-0.39, 0.29) is 0 Å². The topological polar surface area (TPSA) is 16.4 Å². The fourth-order valence-corrected chi connectivity index (χ4v) is 7.43. The Morgan fingerprint density at radius 1 is 0.407 bits per heavy atom. The first-order chi connectivity index (χ1) is 26.7. The van der Waals surface area contributed by atoms with Crippen LogP contribution in [0, 0.1) is 0 Å². The van der Waals surface area contributed by atoms with Crippen molar-refractivity contribution >= 4 is 44.1 Å². The van der Waals surface area contributed by atoms with Crippen LogP contribution in [0.4, 0.5) is 11.4 Å². The highest BCUT2D eigenvalue weighted by Gasteiger charge is 2.15. The van der Waals surface area contributed by atoms with Crippen LogP contribution in [0.3, 0.4) is 0 Å². The maximum atomic E-state index is 6.17. The highest BCUT2D eigenvalue weighted by molar-refractivity contribution is 6.19. The van der Waals surface area contributed by atoms with Gasteiger partial charge in [0.05, 0.1) is 0 Å². The van der Waals surface area contributed by atoms with Gasteiger partial charge in [-0.1, -0.05) is 158 Å². The zero-order valence-corrected chi connectivity index (χ0v) is 29.8. The summed E-state index contributed by atoms with van der Waals surface area (Å²) in [5.74, 6) is 0. The number of allylic oxidation sites excluding steroid dienone is 4. The molecular weight excluding hydrogens is 655 g/mol. The summed E-state index contributed by atoms with van der Waals surface area (Å²) in [6.45, 7) is 3.84. The second-order valence-electron chi connectivity index (χ2n) is 13.4. The van der Waals surface area contributed by atoms with E-state index in [2.05, 4.69) is 194 Å². The minimum Gasteiger partial charge on any atom is -0.456 e. The van der Waals surface area contributed by atoms with E-state index in [9.17, 15) is 0 Å². The molecular formula is C52H37NO. The molecule has 0 atom stereocenters. The summed E-state index contributed by atoms with van der Waals surface area (Å²) in [4.78, 5) is 2.24. The van der Waals surface area contributed by atoms with Crippen LogP contribution in [-0.2, 0) is 0 Å². The summed E-state index contributed by atoms with van der Waals surface area (Å²) < 4.78 is 6.17. The lowest BCUT2D eigenvalue weighted by molar-refractivity contribution is 0.669. The van der Waals surface area contributed by atoms with Gasteiger partial charge in [0.1, 0.15) is 11.2 Å². The minimum atomic E-state index is 0.918. The zero-order valence-electron chi connectivity index (χ0n) is 29.8. The van der Waals surface area contributed by atoms with Crippen molar-refractivity contribution in [2.45, 2.75) is 0 Å². The predicted molar refractivity (Wildman–Crippen MR) is 230 cm³/mol. The van der Waals surface area contributed by atoms with Gasteiger partial charge in [0.2, 0.25) is 0 Å². The molecule has 0 aliphatic heterocycles. The van der Waals surface area contributed by atoms with E-state index in [1.54, 1.807) is 6.08 Å². The Morgan fingerprint density at radius 3 is 1.89 bits per heavy atom. The van der Waals surface area contributed by atoms with Gasteiger partial charge in [-0.3, -0.25) is 0 Å². The molecule has 9 aromatic rings. The summed E-state index contributed by atoms with van der Waals surface area (Å²) in [7, 11) is 0. The minimum absolute atomic E-state index is 0.918. The Bertz CT molecular complexity index is 2820. The number of para-hydroxylation sites is 1. The van der Waals surface area contributed by atoms with Gasteiger partial charge in [-0.25, -0.2) is 0 Å². The number of fused-ring (bicyclic) bond motifs is 5. The van der Waals surface area contributed by atoms with Crippen LogP contribution in [0.15, 0.2) is 223 Å². The van der Waals surface area contributed by atoms with Gasteiger partial charge in [0.15, 0.2) is 0 Å². The molecule has 0 unspecified atom stereocenters. The molecule has 0 aliphatic rings. The monoisotopic (exact) mass is 691 g/mol. The van der Waals surface area contributed by atoms with Gasteiger partial charge in [0, 0.05) is 28.3 Å². The van der Waals surface area contributed by atoms with E-state index in [1.807, 2.05) is 24.3 Å². The molecule has 0 radical (unpaired) electrons. The quantitative estimate of drug-likeness (QED) is 0.140. The standard InChI is InChI=1S/C52H37NO/c1-2-3-4-13-33-53(44-27-23-38(24-28-44)37-15-7-5-8-16-37)45-29-31-46(49(36-45)39-17-9-6-10-18-39)42-20-14-19-40(34-42)41-25-30-47-43(35-41)26-32-51-52(47)48-21-11-12-22-50(48)54-51/h2-36H,1H2/b4-3-,33-13-. The maximum Gasteiger partial charge on any atom is 0.136 e. The second kappa shape index (κ2) is 14.5. The van der Waals surface area contributed by atoms with Crippen molar-refractivity contribution in [1.82, 2.24) is 0 Å². The molecule has 8 aromatic carbocycles. The van der Waals surface area contributed by atoms with Crippen LogP contribution >= 0.6 is 0 Å². The van der Waals surface area contributed by atoms with Crippen molar-refractivity contribution in [2.75, 3.05) is 4.90 Å². The van der Waals surface area contributed by atoms with E-state index < -0.39 is 0 Å². The first kappa shape index (κ1) is 32.7. The van der Waals surface area contributed by atoms with E-state index in [0.29, 0.717) is 0 Å². The number of hydrogen-bond donors (Lipinski definition) is 0.